The van der Waals surface area contributed by atoms with E-state index in [0.717, 1.165) is 37.1 Å². The highest BCUT2D eigenvalue weighted by molar-refractivity contribution is 5.95. The van der Waals surface area contributed by atoms with Gasteiger partial charge in [-0.15, -0.1) is 0 Å². The summed E-state index contributed by atoms with van der Waals surface area (Å²) in [5.74, 6) is -0.0570. The second-order valence-corrected chi connectivity index (χ2v) is 8.09. The van der Waals surface area contributed by atoms with Crippen LogP contribution in [0.2, 0.25) is 0 Å². The summed E-state index contributed by atoms with van der Waals surface area (Å²) in [6.07, 6.45) is 4.37. The lowest BCUT2D eigenvalue weighted by atomic mass is 10.0. The molecule has 0 aliphatic carbocycles. The largest absolute Gasteiger partial charge is 0.355 e. The van der Waals surface area contributed by atoms with Crippen molar-refractivity contribution in [1.82, 2.24) is 14.8 Å². The smallest absolute Gasteiger partial charge is 0.251 e. The zero-order valence-electron chi connectivity index (χ0n) is 17.7. The van der Waals surface area contributed by atoms with Crippen molar-refractivity contribution in [2.45, 2.75) is 26.7 Å². The van der Waals surface area contributed by atoms with Gasteiger partial charge in [0.1, 0.15) is 0 Å². The van der Waals surface area contributed by atoms with Crippen molar-refractivity contribution in [3.05, 3.63) is 70.4 Å². The van der Waals surface area contributed by atoms with E-state index in [1.165, 1.54) is 27.7 Å². The number of rotatable bonds is 3. The SMILES string of the molecule is CNC(=O)c1cccc(/C(C)=C/n2c3c(c4cc(C)ccc42)CCN(C)CC3)c1. The molecular formula is C25H29N3O. The summed E-state index contributed by atoms with van der Waals surface area (Å²) in [5, 5.41) is 4.08. The molecule has 150 valence electrons. The molecule has 4 heteroatoms. The normalized spacial score (nSPS) is 15.2. The predicted octanol–water partition coefficient (Wildman–Crippen LogP) is 4.36. The number of hydrogen-bond donors (Lipinski definition) is 1. The van der Waals surface area contributed by atoms with Gasteiger partial charge in [-0.25, -0.2) is 0 Å². The van der Waals surface area contributed by atoms with E-state index in [9.17, 15) is 4.79 Å². The summed E-state index contributed by atoms with van der Waals surface area (Å²) in [6, 6.07) is 14.6. The number of nitrogens with one attached hydrogen (secondary N) is 1. The van der Waals surface area contributed by atoms with Crippen LogP contribution in [0, 0.1) is 6.92 Å². The van der Waals surface area contributed by atoms with Gasteiger partial charge < -0.3 is 14.8 Å². The number of fused-ring (bicyclic) bond motifs is 3. The fraction of sp³-hybridized carbons (Fsp3) is 0.320. The molecule has 0 saturated heterocycles. The van der Waals surface area contributed by atoms with Crippen molar-refractivity contribution < 1.29 is 4.79 Å². The van der Waals surface area contributed by atoms with Crippen LogP contribution in [-0.4, -0.2) is 42.6 Å². The molecular weight excluding hydrogens is 358 g/mol. The van der Waals surface area contributed by atoms with E-state index in [2.05, 4.69) is 66.1 Å². The van der Waals surface area contributed by atoms with Crippen LogP contribution in [0.25, 0.3) is 22.7 Å². The van der Waals surface area contributed by atoms with Crippen LogP contribution in [0.1, 0.15) is 39.7 Å². The van der Waals surface area contributed by atoms with Gasteiger partial charge in [0.05, 0.1) is 5.52 Å². The number of carbonyl (C=O) groups excluding carboxylic acids is 1. The lowest BCUT2D eigenvalue weighted by Gasteiger charge is -2.13. The Hall–Kier alpha value is -2.85. The van der Waals surface area contributed by atoms with Gasteiger partial charge >= 0.3 is 0 Å². The molecule has 1 aliphatic rings. The average Bonchev–Trinajstić information content (AvgIpc) is 2.87. The Bertz CT molecular complexity index is 1110. The molecule has 0 spiro atoms. The minimum absolute atomic E-state index is 0.0570. The van der Waals surface area contributed by atoms with Crippen molar-refractivity contribution in [2.24, 2.45) is 0 Å². The van der Waals surface area contributed by atoms with Crippen molar-refractivity contribution >= 4 is 28.6 Å². The first-order valence-corrected chi connectivity index (χ1v) is 10.3. The van der Waals surface area contributed by atoms with E-state index < -0.39 is 0 Å². The molecule has 0 saturated carbocycles. The molecule has 1 aliphatic heterocycles. The number of amides is 1. The zero-order valence-corrected chi connectivity index (χ0v) is 17.7. The Balaban J connectivity index is 1.85. The monoisotopic (exact) mass is 387 g/mol. The van der Waals surface area contributed by atoms with Crippen LogP contribution in [-0.2, 0) is 12.8 Å². The van der Waals surface area contributed by atoms with Crippen LogP contribution in [0.15, 0.2) is 42.5 Å². The van der Waals surface area contributed by atoms with Gasteiger partial charge in [0.2, 0.25) is 0 Å². The molecule has 1 aromatic heterocycles. The summed E-state index contributed by atoms with van der Waals surface area (Å²) < 4.78 is 2.38. The Kier molecular flexibility index (Phi) is 5.29. The van der Waals surface area contributed by atoms with Gasteiger partial charge in [0.15, 0.2) is 0 Å². The number of carbonyl (C=O) groups is 1. The first-order valence-electron chi connectivity index (χ1n) is 10.3. The average molecular weight is 388 g/mol. The fourth-order valence-corrected chi connectivity index (χ4v) is 4.28. The van der Waals surface area contributed by atoms with Gasteiger partial charge in [0, 0.05) is 49.4 Å². The highest BCUT2D eigenvalue weighted by Crippen LogP contribution is 2.31. The van der Waals surface area contributed by atoms with Crippen molar-refractivity contribution in [3.63, 3.8) is 0 Å². The second-order valence-electron chi connectivity index (χ2n) is 8.09. The number of likely N-dealkylation sites (N-methyl/N-ethyl adjacent to an activating group) is 1. The van der Waals surface area contributed by atoms with Gasteiger partial charge in [0.25, 0.3) is 5.91 Å². The number of hydrogen-bond acceptors (Lipinski definition) is 2. The number of aromatic nitrogens is 1. The molecule has 3 aromatic rings. The van der Waals surface area contributed by atoms with Crippen LogP contribution in [0.4, 0.5) is 0 Å². The Labute approximate surface area is 172 Å². The zero-order chi connectivity index (χ0) is 20.5. The van der Waals surface area contributed by atoms with Gasteiger partial charge in [-0.2, -0.15) is 0 Å². The summed E-state index contributed by atoms with van der Waals surface area (Å²) >= 11 is 0. The molecule has 2 aromatic carbocycles. The Morgan fingerprint density at radius 1 is 1.07 bits per heavy atom. The molecule has 0 atom stereocenters. The molecule has 4 rings (SSSR count). The van der Waals surface area contributed by atoms with Gasteiger partial charge in [-0.1, -0.05) is 23.8 Å². The van der Waals surface area contributed by atoms with Crippen molar-refractivity contribution in [3.8, 4) is 0 Å². The molecule has 0 fully saturated rings. The third kappa shape index (κ3) is 3.73. The predicted molar refractivity (Wildman–Crippen MR) is 121 cm³/mol. The highest BCUT2D eigenvalue weighted by Gasteiger charge is 2.20. The maximum atomic E-state index is 12.0. The molecule has 1 N–H and O–H groups in total. The summed E-state index contributed by atoms with van der Waals surface area (Å²) in [6.45, 7) is 6.45. The number of nitrogens with zero attached hydrogens (tertiary/aromatic N) is 2. The summed E-state index contributed by atoms with van der Waals surface area (Å²) in [5.41, 5.74) is 8.37. The van der Waals surface area contributed by atoms with E-state index in [0.29, 0.717) is 5.56 Å². The third-order valence-corrected chi connectivity index (χ3v) is 5.98. The quantitative estimate of drug-likeness (QED) is 0.725. The lowest BCUT2D eigenvalue weighted by molar-refractivity contribution is 0.0963. The van der Waals surface area contributed by atoms with E-state index in [1.54, 1.807) is 7.05 Å². The standard InChI is InChI=1S/C25H29N3O/c1-17-8-9-23-22(14-17)21-10-12-27(4)13-11-24(21)28(23)16-18(2)19-6-5-7-20(15-19)25(29)26-3/h5-9,14-16H,10-13H2,1-4H3,(H,26,29)/b18-16+. The second kappa shape index (κ2) is 7.88. The maximum absolute atomic E-state index is 12.0. The first kappa shape index (κ1) is 19.5. The highest BCUT2D eigenvalue weighted by atomic mass is 16.1. The lowest BCUT2D eigenvalue weighted by Crippen LogP contribution is -2.21. The molecule has 4 nitrogen and oxygen atoms in total. The topological polar surface area (TPSA) is 37.3 Å². The Morgan fingerprint density at radius 2 is 1.83 bits per heavy atom. The van der Waals surface area contributed by atoms with Crippen LogP contribution in [0.3, 0.4) is 0 Å². The fourth-order valence-electron chi connectivity index (χ4n) is 4.28. The maximum Gasteiger partial charge on any atom is 0.251 e. The van der Waals surface area contributed by atoms with Crippen LogP contribution < -0.4 is 5.32 Å². The van der Waals surface area contributed by atoms with Crippen LogP contribution in [0.5, 0.6) is 0 Å². The third-order valence-electron chi connectivity index (χ3n) is 5.98. The van der Waals surface area contributed by atoms with Gasteiger partial charge in [-0.05, 0) is 68.3 Å². The molecule has 1 amide bonds. The van der Waals surface area contributed by atoms with Gasteiger partial charge in [-0.3, -0.25) is 4.79 Å². The number of aryl methyl sites for hydroxylation is 1. The molecule has 0 bridgehead atoms. The number of allylic oxidation sites excluding steroid dienone is 1. The summed E-state index contributed by atoms with van der Waals surface area (Å²) in [7, 11) is 3.87. The van der Waals surface area contributed by atoms with Crippen molar-refractivity contribution in [2.75, 3.05) is 27.2 Å². The number of benzene rings is 2. The molecule has 2 heterocycles. The van der Waals surface area contributed by atoms with E-state index >= 15 is 0 Å². The first-order chi connectivity index (χ1) is 14.0. The van der Waals surface area contributed by atoms with E-state index in [-0.39, 0.29) is 5.91 Å². The summed E-state index contributed by atoms with van der Waals surface area (Å²) in [4.78, 5) is 14.4. The molecule has 0 radical (unpaired) electrons. The Morgan fingerprint density at radius 3 is 2.62 bits per heavy atom. The van der Waals surface area contributed by atoms with Crippen LogP contribution >= 0.6 is 0 Å². The minimum atomic E-state index is -0.0570. The molecule has 29 heavy (non-hydrogen) atoms. The van der Waals surface area contributed by atoms with E-state index in [1.807, 2.05) is 18.2 Å². The molecule has 0 unspecified atom stereocenters. The van der Waals surface area contributed by atoms with Crippen molar-refractivity contribution in [1.29, 1.82) is 0 Å². The van der Waals surface area contributed by atoms with E-state index in [4.69, 9.17) is 0 Å². The minimum Gasteiger partial charge on any atom is -0.355 e.